The summed E-state index contributed by atoms with van der Waals surface area (Å²) in [5.41, 5.74) is 0.791. The lowest BCUT2D eigenvalue weighted by Crippen LogP contribution is -2.46. The number of esters is 1. The third-order valence-electron chi connectivity index (χ3n) is 3.99. The first-order valence-electron chi connectivity index (χ1n) is 7.52. The number of alkyl halides is 3. The van der Waals surface area contributed by atoms with Crippen molar-refractivity contribution in [1.29, 1.82) is 0 Å². The summed E-state index contributed by atoms with van der Waals surface area (Å²) < 4.78 is 42.9. The lowest BCUT2D eigenvalue weighted by molar-refractivity contribution is -0.161. The smallest absolute Gasteiger partial charge is 0.401 e. The number of hydrogen-bond donors (Lipinski definition) is 0. The van der Waals surface area contributed by atoms with Crippen LogP contribution in [0.4, 0.5) is 13.2 Å². The number of ether oxygens (including phenoxy) is 1. The Kier molecular flexibility index (Phi) is 5.92. The molecule has 23 heavy (non-hydrogen) atoms. The second kappa shape index (κ2) is 7.53. The zero-order valence-corrected chi connectivity index (χ0v) is 13.5. The van der Waals surface area contributed by atoms with E-state index in [0.717, 1.165) is 5.56 Å². The van der Waals surface area contributed by atoms with Gasteiger partial charge in [-0.2, -0.15) is 13.2 Å². The van der Waals surface area contributed by atoms with Crippen molar-refractivity contribution in [1.82, 2.24) is 4.90 Å². The Bertz CT molecular complexity index is 550. The molecule has 2 atom stereocenters. The molecule has 0 bridgehead atoms. The van der Waals surface area contributed by atoms with Crippen molar-refractivity contribution >= 4 is 17.6 Å². The molecule has 0 aromatic heterocycles. The van der Waals surface area contributed by atoms with Gasteiger partial charge in [0.1, 0.15) is 0 Å². The molecule has 1 aliphatic rings. The van der Waals surface area contributed by atoms with E-state index in [-0.39, 0.29) is 25.6 Å². The summed E-state index contributed by atoms with van der Waals surface area (Å²) in [4.78, 5) is 13.5. The Labute approximate surface area is 138 Å². The van der Waals surface area contributed by atoms with E-state index in [1.165, 1.54) is 4.90 Å². The number of nitrogens with zero attached hydrogens (tertiary/aromatic N) is 1. The van der Waals surface area contributed by atoms with Crippen LogP contribution in [0.15, 0.2) is 24.3 Å². The highest BCUT2D eigenvalue weighted by molar-refractivity contribution is 6.31. The fourth-order valence-corrected chi connectivity index (χ4v) is 3.33. The molecule has 1 aromatic rings. The Morgan fingerprint density at radius 3 is 2.70 bits per heavy atom. The molecule has 1 heterocycles. The topological polar surface area (TPSA) is 29.5 Å². The van der Waals surface area contributed by atoms with Crippen LogP contribution in [-0.2, 0) is 9.53 Å². The van der Waals surface area contributed by atoms with Crippen LogP contribution in [0.3, 0.4) is 0 Å². The van der Waals surface area contributed by atoms with Gasteiger partial charge < -0.3 is 4.74 Å². The van der Waals surface area contributed by atoms with Crippen molar-refractivity contribution in [3.63, 3.8) is 0 Å². The van der Waals surface area contributed by atoms with Crippen LogP contribution in [0.2, 0.25) is 5.02 Å². The van der Waals surface area contributed by atoms with Gasteiger partial charge in [0.15, 0.2) is 0 Å². The van der Waals surface area contributed by atoms with Crippen LogP contribution in [-0.4, -0.2) is 43.3 Å². The Morgan fingerprint density at radius 1 is 1.39 bits per heavy atom. The molecule has 0 amide bonds. The van der Waals surface area contributed by atoms with E-state index in [4.69, 9.17) is 16.3 Å². The average molecular weight is 350 g/mol. The molecule has 128 valence electrons. The molecule has 1 saturated heterocycles. The quantitative estimate of drug-likeness (QED) is 0.773. The second-order valence-corrected chi connectivity index (χ2v) is 6.03. The van der Waals surface area contributed by atoms with Gasteiger partial charge in [0.25, 0.3) is 0 Å². The first kappa shape index (κ1) is 18.1. The minimum atomic E-state index is -4.28. The Morgan fingerprint density at radius 2 is 2.09 bits per heavy atom. The SMILES string of the molecule is CCOC(=O)[C@@H]1CN(CC(F)(F)F)CC[C@@H]1c1ccccc1Cl. The molecule has 0 spiro atoms. The summed E-state index contributed by atoms with van der Waals surface area (Å²) in [6, 6.07) is 7.13. The molecular weight excluding hydrogens is 331 g/mol. The van der Waals surface area contributed by atoms with Crippen LogP contribution in [0.1, 0.15) is 24.8 Å². The monoisotopic (exact) mass is 349 g/mol. The van der Waals surface area contributed by atoms with Crippen molar-refractivity contribution in [3.8, 4) is 0 Å². The van der Waals surface area contributed by atoms with E-state index >= 15 is 0 Å². The number of likely N-dealkylation sites (tertiary alicyclic amines) is 1. The summed E-state index contributed by atoms with van der Waals surface area (Å²) in [6.45, 7) is 1.15. The van der Waals surface area contributed by atoms with Gasteiger partial charge in [-0.3, -0.25) is 9.69 Å². The minimum absolute atomic E-state index is 0.0221. The van der Waals surface area contributed by atoms with Crippen LogP contribution in [0.5, 0.6) is 0 Å². The number of halogens is 4. The molecule has 3 nitrogen and oxygen atoms in total. The van der Waals surface area contributed by atoms with Crippen LogP contribution >= 0.6 is 11.6 Å². The molecule has 1 fully saturated rings. The van der Waals surface area contributed by atoms with Gasteiger partial charge in [0, 0.05) is 17.5 Å². The van der Waals surface area contributed by atoms with E-state index in [0.29, 0.717) is 11.4 Å². The molecular formula is C16H19ClF3NO2. The van der Waals surface area contributed by atoms with E-state index in [2.05, 4.69) is 0 Å². The maximum atomic E-state index is 12.6. The summed E-state index contributed by atoms with van der Waals surface area (Å²) in [6.07, 6.45) is -3.85. The van der Waals surface area contributed by atoms with Crippen LogP contribution < -0.4 is 0 Å². The van der Waals surface area contributed by atoms with Gasteiger partial charge in [0.2, 0.25) is 0 Å². The summed E-state index contributed by atoms with van der Waals surface area (Å²) in [5, 5.41) is 0.524. The zero-order chi connectivity index (χ0) is 17.0. The van der Waals surface area contributed by atoms with Gasteiger partial charge in [-0.1, -0.05) is 29.8 Å². The van der Waals surface area contributed by atoms with Gasteiger partial charge in [-0.05, 0) is 31.5 Å². The molecule has 0 unspecified atom stereocenters. The third kappa shape index (κ3) is 4.85. The average Bonchev–Trinajstić information content (AvgIpc) is 2.46. The Hall–Kier alpha value is -1.27. The van der Waals surface area contributed by atoms with Crippen molar-refractivity contribution in [2.75, 3.05) is 26.2 Å². The molecule has 1 aliphatic heterocycles. The largest absolute Gasteiger partial charge is 0.466 e. The van der Waals surface area contributed by atoms with Gasteiger partial charge in [0.05, 0.1) is 19.1 Å². The van der Waals surface area contributed by atoms with Gasteiger partial charge in [-0.25, -0.2) is 0 Å². The van der Waals surface area contributed by atoms with Crippen molar-refractivity contribution < 1.29 is 22.7 Å². The molecule has 2 rings (SSSR count). The predicted molar refractivity (Wildman–Crippen MR) is 81.4 cm³/mol. The number of carbonyl (C=O) groups excluding carboxylic acids is 1. The molecule has 0 radical (unpaired) electrons. The van der Waals surface area contributed by atoms with E-state index in [1.54, 1.807) is 19.1 Å². The Balaban J connectivity index is 2.21. The van der Waals surface area contributed by atoms with Crippen molar-refractivity contribution in [3.05, 3.63) is 34.9 Å². The highest BCUT2D eigenvalue weighted by atomic mass is 35.5. The standard InChI is InChI=1S/C16H19ClF3NO2/c1-2-23-15(22)13-9-21(10-16(18,19)20)8-7-11(13)12-5-3-4-6-14(12)17/h3-6,11,13H,2,7-10H2,1H3/t11-,13-/m1/s1. The number of carbonyl (C=O) groups is 1. The molecule has 0 saturated carbocycles. The molecule has 0 N–H and O–H groups in total. The maximum Gasteiger partial charge on any atom is 0.401 e. The predicted octanol–water partition coefficient (Wildman–Crippen LogP) is 3.87. The normalized spacial score (nSPS) is 22.8. The minimum Gasteiger partial charge on any atom is -0.466 e. The fourth-order valence-electron chi connectivity index (χ4n) is 3.05. The highest BCUT2D eigenvalue weighted by Gasteiger charge is 2.40. The fraction of sp³-hybridized carbons (Fsp3) is 0.562. The number of hydrogen-bond acceptors (Lipinski definition) is 3. The van der Waals surface area contributed by atoms with E-state index in [1.807, 2.05) is 12.1 Å². The van der Waals surface area contributed by atoms with Gasteiger partial charge in [-0.15, -0.1) is 0 Å². The first-order chi connectivity index (χ1) is 10.8. The molecule has 1 aromatic carbocycles. The lowest BCUT2D eigenvalue weighted by atomic mass is 9.80. The zero-order valence-electron chi connectivity index (χ0n) is 12.8. The maximum absolute atomic E-state index is 12.6. The summed E-state index contributed by atoms with van der Waals surface area (Å²) in [7, 11) is 0. The highest BCUT2D eigenvalue weighted by Crippen LogP contribution is 2.38. The van der Waals surface area contributed by atoms with Crippen LogP contribution in [0.25, 0.3) is 0 Å². The number of benzene rings is 1. The van der Waals surface area contributed by atoms with E-state index in [9.17, 15) is 18.0 Å². The van der Waals surface area contributed by atoms with Crippen LogP contribution in [0, 0.1) is 5.92 Å². The lowest BCUT2D eigenvalue weighted by Gasteiger charge is -2.38. The summed E-state index contributed by atoms with van der Waals surface area (Å²) >= 11 is 6.20. The first-order valence-corrected chi connectivity index (χ1v) is 7.89. The number of rotatable bonds is 4. The number of piperidine rings is 1. The summed E-state index contributed by atoms with van der Waals surface area (Å²) in [5.74, 6) is -1.34. The van der Waals surface area contributed by atoms with E-state index < -0.39 is 24.6 Å². The van der Waals surface area contributed by atoms with Crippen molar-refractivity contribution in [2.24, 2.45) is 5.92 Å². The third-order valence-corrected chi connectivity index (χ3v) is 4.34. The van der Waals surface area contributed by atoms with Crippen molar-refractivity contribution in [2.45, 2.75) is 25.4 Å². The second-order valence-electron chi connectivity index (χ2n) is 5.63. The molecule has 7 heteroatoms. The van der Waals surface area contributed by atoms with Gasteiger partial charge >= 0.3 is 12.1 Å². The molecule has 0 aliphatic carbocycles.